The van der Waals surface area contributed by atoms with Crippen LogP contribution < -0.4 is 5.32 Å². The molecule has 0 amide bonds. The van der Waals surface area contributed by atoms with Crippen LogP contribution in [0.3, 0.4) is 0 Å². The molecule has 1 aliphatic rings. The fourth-order valence-corrected chi connectivity index (χ4v) is 1.50. The summed E-state index contributed by atoms with van der Waals surface area (Å²) in [5.41, 5.74) is 0. The standard InChI is InChI=1S/C8H17NO2/c10-6-8(11)5-9-7-3-1-2-4-7/h7-11H,1-6H2/t8-/m0/s1. The van der Waals surface area contributed by atoms with Crippen molar-refractivity contribution in [2.24, 2.45) is 0 Å². The molecule has 1 rings (SSSR count). The van der Waals surface area contributed by atoms with E-state index in [1.165, 1.54) is 25.7 Å². The molecule has 0 saturated heterocycles. The molecule has 3 heteroatoms. The fraction of sp³-hybridized carbons (Fsp3) is 1.00. The minimum Gasteiger partial charge on any atom is -0.394 e. The van der Waals surface area contributed by atoms with Crippen molar-refractivity contribution in [1.82, 2.24) is 5.32 Å². The third-order valence-electron chi connectivity index (χ3n) is 2.21. The van der Waals surface area contributed by atoms with Gasteiger partial charge in [-0.1, -0.05) is 12.8 Å². The highest BCUT2D eigenvalue weighted by Crippen LogP contribution is 2.17. The largest absolute Gasteiger partial charge is 0.394 e. The molecule has 0 unspecified atom stereocenters. The average Bonchev–Trinajstić information content (AvgIpc) is 2.52. The van der Waals surface area contributed by atoms with Crippen LogP contribution in [0.4, 0.5) is 0 Å². The van der Waals surface area contributed by atoms with Crippen LogP contribution in [0, 0.1) is 0 Å². The van der Waals surface area contributed by atoms with E-state index in [4.69, 9.17) is 10.2 Å². The normalized spacial score (nSPS) is 22.4. The van der Waals surface area contributed by atoms with E-state index in [0.29, 0.717) is 12.6 Å². The molecular formula is C8H17NO2. The van der Waals surface area contributed by atoms with Gasteiger partial charge in [0.15, 0.2) is 0 Å². The lowest BCUT2D eigenvalue weighted by Crippen LogP contribution is -2.35. The molecule has 11 heavy (non-hydrogen) atoms. The van der Waals surface area contributed by atoms with Gasteiger partial charge in [-0.05, 0) is 12.8 Å². The van der Waals surface area contributed by atoms with E-state index in [2.05, 4.69) is 5.32 Å². The van der Waals surface area contributed by atoms with Crippen molar-refractivity contribution in [3.8, 4) is 0 Å². The van der Waals surface area contributed by atoms with Gasteiger partial charge in [0.1, 0.15) is 0 Å². The van der Waals surface area contributed by atoms with Crippen LogP contribution in [0.25, 0.3) is 0 Å². The molecule has 0 spiro atoms. The number of rotatable bonds is 4. The van der Waals surface area contributed by atoms with Gasteiger partial charge in [0.05, 0.1) is 12.7 Å². The van der Waals surface area contributed by atoms with Crippen molar-refractivity contribution in [2.45, 2.75) is 37.8 Å². The summed E-state index contributed by atoms with van der Waals surface area (Å²) in [6.07, 6.45) is 4.45. The van der Waals surface area contributed by atoms with Crippen LogP contribution in [0.1, 0.15) is 25.7 Å². The SMILES string of the molecule is OC[C@@H](O)CNC1CCCC1. The molecule has 0 aliphatic heterocycles. The van der Waals surface area contributed by atoms with Crippen molar-refractivity contribution < 1.29 is 10.2 Å². The molecular weight excluding hydrogens is 142 g/mol. The second-order valence-corrected chi connectivity index (χ2v) is 3.23. The quantitative estimate of drug-likeness (QED) is 0.535. The fourth-order valence-electron chi connectivity index (χ4n) is 1.50. The monoisotopic (exact) mass is 159 g/mol. The van der Waals surface area contributed by atoms with Gasteiger partial charge in [0.25, 0.3) is 0 Å². The Labute approximate surface area is 67.4 Å². The molecule has 3 nitrogen and oxygen atoms in total. The van der Waals surface area contributed by atoms with Crippen LogP contribution in [0.2, 0.25) is 0 Å². The predicted molar refractivity (Wildman–Crippen MR) is 43.4 cm³/mol. The zero-order valence-corrected chi connectivity index (χ0v) is 6.79. The maximum atomic E-state index is 9.01. The summed E-state index contributed by atoms with van der Waals surface area (Å²) in [6, 6.07) is 0.580. The smallest absolute Gasteiger partial charge is 0.0895 e. The summed E-state index contributed by atoms with van der Waals surface area (Å²) in [6.45, 7) is 0.390. The van der Waals surface area contributed by atoms with Gasteiger partial charge in [0, 0.05) is 12.6 Å². The molecule has 66 valence electrons. The second kappa shape index (κ2) is 4.70. The summed E-state index contributed by atoms with van der Waals surface area (Å²) < 4.78 is 0. The molecule has 0 heterocycles. The summed E-state index contributed by atoms with van der Waals surface area (Å²) in [4.78, 5) is 0. The molecule has 0 radical (unpaired) electrons. The van der Waals surface area contributed by atoms with Crippen molar-refractivity contribution in [3.05, 3.63) is 0 Å². The molecule has 1 atom stereocenters. The topological polar surface area (TPSA) is 52.5 Å². The van der Waals surface area contributed by atoms with Crippen molar-refractivity contribution >= 4 is 0 Å². The van der Waals surface area contributed by atoms with Gasteiger partial charge < -0.3 is 15.5 Å². The maximum Gasteiger partial charge on any atom is 0.0895 e. The summed E-state index contributed by atoms with van der Waals surface area (Å²) in [7, 11) is 0. The highest BCUT2D eigenvalue weighted by atomic mass is 16.3. The van der Waals surface area contributed by atoms with Gasteiger partial charge in [-0.2, -0.15) is 0 Å². The van der Waals surface area contributed by atoms with Crippen molar-refractivity contribution in [2.75, 3.05) is 13.2 Å². The molecule has 0 aromatic heterocycles. The second-order valence-electron chi connectivity index (χ2n) is 3.23. The van der Waals surface area contributed by atoms with Crippen molar-refractivity contribution in [1.29, 1.82) is 0 Å². The summed E-state index contributed by atoms with van der Waals surface area (Å²) >= 11 is 0. The first-order valence-corrected chi connectivity index (χ1v) is 4.35. The lowest BCUT2D eigenvalue weighted by atomic mass is 10.2. The predicted octanol–water partition coefficient (Wildman–Crippen LogP) is -0.128. The number of aliphatic hydroxyl groups excluding tert-OH is 2. The van der Waals surface area contributed by atoms with E-state index in [1.54, 1.807) is 0 Å². The Balaban J connectivity index is 2.01. The third-order valence-corrected chi connectivity index (χ3v) is 2.21. The Bertz CT molecular complexity index is 102. The van der Waals surface area contributed by atoms with Crippen LogP contribution in [0.15, 0.2) is 0 Å². The first kappa shape index (κ1) is 8.97. The van der Waals surface area contributed by atoms with E-state index in [1.807, 2.05) is 0 Å². The summed E-state index contributed by atoms with van der Waals surface area (Å²) in [5.74, 6) is 0. The Morgan fingerprint density at radius 3 is 2.55 bits per heavy atom. The van der Waals surface area contributed by atoms with Crippen LogP contribution in [-0.2, 0) is 0 Å². The van der Waals surface area contributed by atoms with Crippen molar-refractivity contribution in [3.63, 3.8) is 0 Å². The van der Waals surface area contributed by atoms with Gasteiger partial charge in [-0.15, -0.1) is 0 Å². The summed E-state index contributed by atoms with van der Waals surface area (Å²) in [5, 5.41) is 20.7. The molecule has 0 aromatic carbocycles. The number of nitrogens with one attached hydrogen (secondary N) is 1. The van der Waals surface area contributed by atoms with E-state index in [9.17, 15) is 0 Å². The highest BCUT2D eigenvalue weighted by Gasteiger charge is 2.14. The molecule has 1 fully saturated rings. The van der Waals surface area contributed by atoms with E-state index in [0.717, 1.165) is 0 Å². The first-order chi connectivity index (χ1) is 5.33. The third kappa shape index (κ3) is 3.18. The van der Waals surface area contributed by atoms with Gasteiger partial charge in [-0.3, -0.25) is 0 Å². The number of aliphatic hydroxyl groups is 2. The lowest BCUT2D eigenvalue weighted by Gasteiger charge is -2.13. The van der Waals surface area contributed by atoms with Crippen LogP contribution >= 0.6 is 0 Å². The Hall–Kier alpha value is -0.120. The molecule has 3 N–H and O–H groups in total. The number of hydrogen-bond donors (Lipinski definition) is 3. The van der Waals surface area contributed by atoms with Crippen LogP contribution in [-0.4, -0.2) is 35.5 Å². The van der Waals surface area contributed by atoms with E-state index in [-0.39, 0.29) is 6.61 Å². The van der Waals surface area contributed by atoms with E-state index >= 15 is 0 Å². The Morgan fingerprint density at radius 2 is 2.00 bits per heavy atom. The Morgan fingerprint density at radius 1 is 1.36 bits per heavy atom. The minimum absolute atomic E-state index is 0.139. The Kier molecular flexibility index (Phi) is 3.83. The highest BCUT2D eigenvalue weighted by molar-refractivity contribution is 4.74. The van der Waals surface area contributed by atoms with Gasteiger partial charge >= 0.3 is 0 Å². The molecule has 0 bridgehead atoms. The van der Waals surface area contributed by atoms with Gasteiger partial charge in [-0.25, -0.2) is 0 Å². The zero-order chi connectivity index (χ0) is 8.10. The molecule has 1 aliphatic carbocycles. The first-order valence-electron chi connectivity index (χ1n) is 4.35. The van der Waals surface area contributed by atoms with E-state index < -0.39 is 6.10 Å². The lowest BCUT2D eigenvalue weighted by molar-refractivity contribution is 0.0920. The average molecular weight is 159 g/mol. The zero-order valence-electron chi connectivity index (χ0n) is 6.79. The maximum absolute atomic E-state index is 9.01. The van der Waals surface area contributed by atoms with Crippen LogP contribution in [0.5, 0.6) is 0 Å². The molecule has 0 aromatic rings. The number of hydrogen-bond acceptors (Lipinski definition) is 3. The minimum atomic E-state index is -0.587. The molecule has 1 saturated carbocycles. The van der Waals surface area contributed by atoms with Gasteiger partial charge in [0.2, 0.25) is 0 Å².